The maximum atomic E-state index is 13.1. The Morgan fingerprint density at radius 2 is 1.78 bits per heavy atom. The number of rotatable bonds is 6. The van der Waals surface area contributed by atoms with E-state index in [1.54, 1.807) is 6.07 Å². The summed E-state index contributed by atoms with van der Waals surface area (Å²) in [7, 11) is 0. The van der Waals surface area contributed by atoms with Crippen LogP contribution in [0.1, 0.15) is 5.69 Å². The van der Waals surface area contributed by atoms with Gasteiger partial charge in [-0.3, -0.25) is 4.98 Å². The van der Waals surface area contributed by atoms with E-state index in [-0.39, 0.29) is 24.8 Å². The lowest BCUT2D eigenvalue weighted by Gasteiger charge is -2.12. The van der Waals surface area contributed by atoms with Crippen molar-refractivity contribution in [3.05, 3.63) is 66.4 Å². The number of alkyl halides is 3. The van der Waals surface area contributed by atoms with Crippen molar-refractivity contribution in [3.8, 4) is 17.1 Å². The lowest BCUT2D eigenvalue weighted by Crippen LogP contribution is -2.15. The zero-order chi connectivity index (χ0) is 19.3. The first-order chi connectivity index (χ1) is 12.9. The molecule has 1 N–H and O–H groups in total. The van der Waals surface area contributed by atoms with Crippen LogP contribution in [0.15, 0.2) is 54.9 Å². The normalized spacial score (nSPS) is 11.3. The van der Waals surface area contributed by atoms with E-state index in [0.717, 1.165) is 6.07 Å². The van der Waals surface area contributed by atoms with Gasteiger partial charge in [-0.15, -0.1) is 0 Å². The fraction of sp³-hybridized carbons (Fsp3) is 0.167. The number of ether oxygens (including phenoxy) is 1. The second-order valence-corrected chi connectivity index (χ2v) is 5.43. The first-order valence-corrected chi connectivity index (χ1v) is 7.91. The van der Waals surface area contributed by atoms with E-state index in [2.05, 4.69) is 20.3 Å². The van der Waals surface area contributed by atoms with E-state index in [1.165, 1.54) is 42.7 Å². The minimum Gasteiger partial charge on any atom is -0.492 e. The first kappa shape index (κ1) is 18.6. The second-order valence-electron chi connectivity index (χ2n) is 5.43. The zero-order valence-corrected chi connectivity index (χ0v) is 13.9. The lowest BCUT2D eigenvalue weighted by molar-refractivity contribution is -0.141. The number of benzene rings is 1. The summed E-state index contributed by atoms with van der Waals surface area (Å²) < 4.78 is 57.8. The van der Waals surface area contributed by atoms with Crippen LogP contribution in [0, 0.1) is 5.82 Å². The molecule has 0 amide bonds. The Bertz CT molecular complexity index is 903. The van der Waals surface area contributed by atoms with Crippen LogP contribution in [0.2, 0.25) is 0 Å². The van der Waals surface area contributed by atoms with Crippen molar-refractivity contribution in [1.82, 2.24) is 15.0 Å². The van der Waals surface area contributed by atoms with E-state index in [9.17, 15) is 17.6 Å². The Morgan fingerprint density at radius 3 is 2.48 bits per heavy atom. The number of anilines is 1. The highest BCUT2D eigenvalue weighted by Gasteiger charge is 2.33. The van der Waals surface area contributed by atoms with Crippen molar-refractivity contribution < 1.29 is 22.3 Å². The van der Waals surface area contributed by atoms with Gasteiger partial charge in [-0.25, -0.2) is 14.4 Å². The lowest BCUT2D eigenvalue weighted by atomic mass is 10.2. The van der Waals surface area contributed by atoms with Gasteiger partial charge in [0.1, 0.15) is 24.0 Å². The number of nitrogens with zero attached hydrogens (tertiary/aromatic N) is 3. The van der Waals surface area contributed by atoms with Crippen molar-refractivity contribution in [3.63, 3.8) is 0 Å². The molecule has 0 fully saturated rings. The van der Waals surface area contributed by atoms with Crippen LogP contribution in [0.3, 0.4) is 0 Å². The second kappa shape index (κ2) is 7.98. The predicted molar refractivity (Wildman–Crippen MR) is 90.6 cm³/mol. The molecule has 0 unspecified atom stereocenters. The molecule has 0 aliphatic carbocycles. The maximum Gasteiger partial charge on any atom is 0.433 e. The Morgan fingerprint density at radius 1 is 1.00 bits per heavy atom. The standard InChI is InChI=1S/C18H14F4N4O/c19-13-2-1-3-14(10-13)27-9-8-24-16-11-15(18(20,21)22)25-17(26-16)12-4-6-23-7-5-12/h1-7,10-11H,8-9H2,(H,24,25,26). The van der Waals surface area contributed by atoms with Gasteiger partial charge in [0, 0.05) is 30.1 Å². The Hall–Kier alpha value is -3.23. The molecule has 0 saturated carbocycles. The molecule has 3 aromatic rings. The summed E-state index contributed by atoms with van der Waals surface area (Å²) in [6.07, 6.45) is -1.73. The molecule has 2 heterocycles. The van der Waals surface area contributed by atoms with Gasteiger partial charge in [0.05, 0.1) is 6.54 Å². The molecule has 140 valence electrons. The zero-order valence-electron chi connectivity index (χ0n) is 13.9. The Labute approximate surface area is 152 Å². The third-order valence-corrected chi connectivity index (χ3v) is 3.43. The molecule has 0 aliphatic heterocycles. The third-order valence-electron chi connectivity index (χ3n) is 3.43. The van der Waals surface area contributed by atoms with Crippen LogP contribution in [0.5, 0.6) is 5.75 Å². The van der Waals surface area contributed by atoms with Gasteiger partial charge in [0.2, 0.25) is 0 Å². The van der Waals surface area contributed by atoms with Gasteiger partial charge in [0.15, 0.2) is 11.5 Å². The number of nitrogens with one attached hydrogen (secondary N) is 1. The van der Waals surface area contributed by atoms with Gasteiger partial charge in [-0.05, 0) is 24.3 Å². The molecule has 27 heavy (non-hydrogen) atoms. The van der Waals surface area contributed by atoms with E-state index < -0.39 is 17.7 Å². The molecule has 0 atom stereocenters. The fourth-order valence-corrected chi connectivity index (χ4v) is 2.22. The third kappa shape index (κ3) is 5.13. The summed E-state index contributed by atoms with van der Waals surface area (Å²) >= 11 is 0. The smallest absolute Gasteiger partial charge is 0.433 e. The minimum absolute atomic E-state index is 0.00646. The number of pyridine rings is 1. The molecule has 1 aromatic carbocycles. The van der Waals surface area contributed by atoms with Crippen LogP contribution in [0.4, 0.5) is 23.4 Å². The van der Waals surface area contributed by atoms with Gasteiger partial charge in [-0.1, -0.05) is 6.07 Å². The molecular weight excluding hydrogens is 364 g/mol. The highest BCUT2D eigenvalue weighted by Crippen LogP contribution is 2.30. The molecule has 0 bridgehead atoms. The first-order valence-electron chi connectivity index (χ1n) is 7.91. The summed E-state index contributed by atoms with van der Waals surface area (Å²) in [6.45, 7) is 0.278. The van der Waals surface area contributed by atoms with Crippen molar-refractivity contribution in [1.29, 1.82) is 0 Å². The van der Waals surface area contributed by atoms with Gasteiger partial charge in [0.25, 0.3) is 0 Å². The van der Waals surface area contributed by atoms with Gasteiger partial charge < -0.3 is 10.1 Å². The quantitative estimate of drug-likeness (QED) is 0.515. The van der Waals surface area contributed by atoms with Crippen LogP contribution in [-0.2, 0) is 6.18 Å². The predicted octanol–water partition coefficient (Wildman–Crippen LogP) is 4.19. The minimum atomic E-state index is -4.61. The van der Waals surface area contributed by atoms with E-state index in [0.29, 0.717) is 11.3 Å². The molecule has 0 radical (unpaired) electrons. The summed E-state index contributed by atoms with van der Waals surface area (Å²) in [5, 5.41) is 2.77. The monoisotopic (exact) mass is 378 g/mol. The topological polar surface area (TPSA) is 59.9 Å². The summed E-state index contributed by atoms with van der Waals surface area (Å²) in [5.41, 5.74) is -0.645. The van der Waals surface area contributed by atoms with Crippen molar-refractivity contribution in [2.45, 2.75) is 6.18 Å². The molecule has 9 heteroatoms. The summed E-state index contributed by atoms with van der Waals surface area (Å²) in [6, 6.07) is 9.45. The number of halogens is 4. The van der Waals surface area contributed by atoms with Crippen molar-refractivity contribution in [2.24, 2.45) is 0 Å². The molecule has 0 spiro atoms. The molecular formula is C18H14F4N4O. The van der Waals surface area contributed by atoms with E-state index >= 15 is 0 Å². The number of hydrogen-bond acceptors (Lipinski definition) is 5. The van der Waals surface area contributed by atoms with Crippen LogP contribution < -0.4 is 10.1 Å². The van der Waals surface area contributed by atoms with Crippen LogP contribution in [0.25, 0.3) is 11.4 Å². The Balaban J connectivity index is 1.72. The average molecular weight is 378 g/mol. The Kier molecular flexibility index (Phi) is 5.49. The number of aromatic nitrogens is 3. The average Bonchev–Trinajstić information content (AvgIpc) is 2.65. The van der Waals surface area contributed by atoms with Gasteiger partial charge >= 0.3 is 6.18 Å². The van der Waals surface area contributed by atoms with E-state index in [4.69, 9.17) is 4.74 Å². The fourth-order valence-electron chi connectivity index (χ4n) is 2.22. The molecule has 0 aliphatic rings. The highest BCUT2D eigenvalue weighted by atomic mass is 19.4. The highest BCUT2D eigenvalue weighted by molar-refractivity contribution is 5.57. The van der Waals surface area contributed by atoms with Crippen LogP contribution >= 0.6 is 0 Å². The number of hydrogen-bond donors (Lipinski definition) is 1. The molecule has 0 saturated heterocycles. The SMILES string of the molecule is Fc1cccc(OCCNc2cc(C(F)(F)F)nc(-c3ccncc3)n2)c1. The summed E-state index contributed by atoms with van der Waals surface area (Å²) in [5.74, 6) is -0.172. The molecule has 5 nitrogen and oxygen atoms in total. The van der Waals surface area contributed by atoms with Crippen molar-refractivity contribution in [2.75, 3.05) is 18.5 Å². The van der Waals surface area contributed by atoms with E-state index in [1.807, 2.05) is 0 Å². The molecule has 2 aromatic heterocycles. The summed E-state index contributed by atoms with van der Waals surface area (Å²) in [4.78, 5) is 11.5. The van der Waals surface area contributed by atoms with Crippen molar-refractivity contribution >= 4 is 5.82 Å². The van der Waals surface area contributed by atoms with Gasteiger partial charge in [-0.2, -0.15) is 13.2 Å². The largest absolute Gasteiger partial charge is 0.492 e. The maximum absolute atomic E-state index is 13.1. The van der Waals surface area contributed by atoms with Crippen LogP contribution in [-0.4, -0.2) is 28.1 Å². The molecule has 3 rings (SSSR count).